The number of esters is 1. The highest BCUT2D eigenvalue weighted by atomic mass is 16.5. The van der Waals surface area contributed by atoms with Crippen molar-refractivity contribution in [2.45, 2.75) is 57.5 Å². The minimum atomic E-state index is -1.50. The number of nitrogens with one attached hydrogen (secondary N) is 5. The highest BCUT2D eigenvalue weighted by molar-refractivity contribution is 5.93. The van der Waals surface area contributed by atoms with E-state index >= 15 is 0 Å². The fraction of sp³-hybridized carbons (Fsp3) is 0.538. The third-order valence-electron chi connectivity index (χ3n) is 6.01. The number of hydrogen-bond donors (Lipinski definition) is 8. The first kappa shape index (κ1) is 33.3. The van der Waals surface area contributed by atoms with E-state index in [9.17, 15) is 34.2 Å². The average molecular weight is 578 g/mol. The smallest absolute Gasteiger partial charge is 0.328 e. The lowest BCUT2D eigenvalue weighted by molar-refractivity contribution is -0.143. The molecule has 0 aromatic heterocycles. The summed E-state index contributed by atoms with van der Waals surface area (Å²) >= 11 is 0. The van der Waals surface area contributed by atoms with Crippen LogP contribution in [0.1, 0.15) is 32.3 Å². The molecule has 2 rings (SSSR count). The van der Waals surface area contributed by atoms with Gasteiger partial charge in [-0.15, -0.1) is 0 Å². The number of carboxylic acids is 2. The number of nitrogens with two attached hydrogens (primary N) is 1. The second-order valence-corrected chi connectivity index (χ2v) is 9.73. The van der Waals surface area contributed by atoms with Gasteiger partial charge in [0, 0.05) is 19.2 Å². The molecule has 0 saturated heterocycles. The van der Waals surface area contributed by atoms with Gasteiger partial charge < -0.3 is 36.6 Å². The van der Waals surface area contributed by atoms with Crippen LogP contribution in [-0.2, 0) is 30.4 Å². The molecular formula is C26H39N7O8. The van der Waals surface area contributed by atoms with Crippen molar-refractivity contribution in [2.24, 2.45) is 16.6 Å². The molecule has 0 bridgehead atoms. The zero-order valence-electron chi connectivity index (χ0n) is 23.1. The number of carbonyl (C=O) groups excluding carboxylic acids is 3. The third kappa shape index (κ3) is 12.0. The fourth-order valence-corrected chi connectivity index (χ4v) is 3.85. The highest BCUT2D eigenvalue weighted by Gasteiger charge is 2.29. The van der Waals surface area contributed by atoms with Gasteiger partial charge in [0.25, 0.3) is 0 Å². The first-order valence-electron chi connectivity index (χ1n) is 13.3. The summed E-state index contributed by atoms with van der Waals surface area (Å²) in [7, 11) is 0. The topological polar surface area (TPSA) is 234 Å². The van der Waals surface area contributed by atoms with E-state index in [2.05, 4.69) is 31.6 Å². The maximum Gasteiger partial charge on any atom is 0.328 e. The van der Waals surface area contributed by atoms with Gasteiger partial charge in [0.1, 0.15) is 23.9 Å². The van der Waals surface area contributed by atoms with Gasteiger partial charge >= 0.3 is 17.9 Å². The van der Waals surface area contributed by atoms with Gasteiger partial charge in [0.05, 0.1) is 13.0 Å². The zero-order valence-corrected chi connectivity index (χ0v) is 23.1. The van der Waals surface area contributed by atoms with Gasteiger partial charge in [-0.2, -0.15) is 0 Å². The molecule has 1 aliphatic rings. The first-order valence-corrected chi connectivity index (χ1v) is 13.3. The summed E-state index contributed by atoms with van der Waals surface area (Å²) in [5.41, 5.74) is 6.01. The van der Waals surface area contributed by atoms with Gasteiger partial charge in [-0.25, -0.2) is 9.59 Å². The second-order valence-electron chi connectivity index (χ2n) is 9.73. The SMILES string of the molecule is CC(C)[C@H](NCCCN)C(=O)Oc1ccc(C[C@@H](NC(=O)[C@H](CC(=O)O)NC(=O)CNC2N=CCN2)C(=O)O)cc1. The molecule has 1 aromatic carbocycles. The number of aliphatic carboxylic acids is 2. The van der Waals surface area contributed by atoms with Gasteiger partial charge in [-0.05, 0) is 43.1 Å². The average Bonchev–Trinajstić information content (AvgIpc) is 3.43. The number of hydrogen-bond acceptors (Lipinski definition) is 11. The van der Waals surface area contributed by atoms with Gasteiger partial charge in [-0.1, -0.05) is 26.0 Å². The molecule has 0 spiro atoms. The van der Waals surface area contributed by atoms with E-state index in [-0.39, 0.29) is 24.6 Å². The Bertz CT molecular complexity index is 1080. The molecule has 0 fully saturated rings. The zero-order chi connectivity index (χ0) is 30.4. The van der Waals surface area contributed by atoms with E-state index in [1.54, 1.807) is 18.3 Å². The molecule has 1 heterocycles. The highest BCUT2D eigenvalue weighted by Crippen LogP contribution is 2.16. The van der Waals surface area contributed by atoms with E-state index < -0.39 is 60.6 Å². The predicted octanol–water partition coefficient (Wildman–Crippen LogP) is -1.83. The molecule has 0 radical (unpaired) electrons. The number of carboxylic acid groups (broad SMARTS) is 2. The molecule has 226 valence electrons. The van der Waals surface area contributed by atoms with E-state index in [1.807, 2.05) is 13.8 Å². The van der Waals surface area contributed by atoms with Crippen molar-refractivity contribution in [2.75, 3.05) is 26.2 Å². The van der Waals surface area contributed by atoms with Crippen molar-refractivity contribution in [3.05, 3.63) is 29.8 Å². The standard InChI is InChI=1S/C26H39N7O8/c1-15(2)22(28-9-3-8-27)25(40)41-17-6-4-16(5-7-17)12-19(24(38)39)33-23(37)18(13-21(35)36)32-20(34)14-31-26-29-10-11-30-26/h4-7,10,15,18-19,22,26,28,30-31H,3,8-9,11-14,27H2,1-2H3,(H,32,34)(H,33,37)(H,35,36)(H,38,39)/t18-,19+,22-,26?/m0/s1. The number of rotatable bonds is 18. The van der Waals surface area contributed by atoms with Crippen LogP contribution in [0.5, 0.6) is 5.75 Å². The molecule has 0 aliphatic carbocycles. The number of carbonyl (C=O) groups is 5. The second kappa shape index (κ2) is 17.0. The summed E-state index contributed by atoms with van der Waals surface area (Å²) in [6, 6.07) is 2.67. The Morgan fingerprint density at radius 3 is 2.37 bits per heavy atom. The summed E-state index contributed by atoms with van der Waals surface area (Å²) in [5.74, 6) is -4.56. The Labute approximate surface area is 237 Å². The molecule has 0 saturated carbocycles. The van der Waals surface area contributed by atoms with Gasteiger partial charge in [-0.3, -0.25) is 30.0 Å². The molecule has 1 unspecified atom stereocenters. The van der Waals surface area contributed by atoms with Crippen LogP contribution in [0.4, 0.5) is 0 Å². The van der Waals surface area contributed by atoms with Crippen molar-refractivity contribution in [3.8, 4) is 5.75 Å². The number of amides is 2. The van der Waals surface area contributed by atoms with Gasteiger partial charge in [0.15, 0.2) is 6.29 Å². The van der Waals surface area contributed by atoms with E-state index in [4.69, 9.17) is 10.5 Å². The number of aliphatic imine (C=N–C) groups is 1. The molecular weight excluding hydrogens is 538 g/mol. The van der Waals surface area contributed by atoms with Crippen molar-refractivity contribution >= 4 is 35.9 Å². The van der Waals surface area contributed by atoms with E-state index in [0.717, 1.165) is 0 Å². The van der Waals surface area contributed by atoms with Crippen molar-refractivity contribution in [3.63, 3.8) is 0 Å². The van der Waals surface area contributed by atoms with Crippen LogP contribution in [0.25, 0.3) is 0 Å². The van der Waals surface area contributed by atoms with Crippen LogP contribution < -0.4 is 37.1 Å². The molecule has 2 amide bonds. The monoisotopic (exact) mass is 577 g/mol. The Morgan fingerprint density at radius 1 is 1.10 bits per heavy atom. The minimum Gasteiger partial charge on any atom is -0.481 e. The molecule has 41 heavy (non-hydrogen) atoms. The van der Waals surface area contributed by atoms with Crippen LogP contribution in [0.3, 0.4) is 0 Å². The van der Waals surface area contributed by atoms with E-state index in [0.29, 0.717) is 31.6 Å². The maximum absolute atomic E-state index is 12.8. The third-order valence-corrected chi connectivity index (χ3v) is 6.01. The Morgan fingerprint density at radius 2 is 1.80 bits per heavy atom. The lowest BCUT2D eigenvalue weighted by Crippen LogP contribution is -2.54. The van der Waals surface area contributed by atoms with E-state index in [1.165, 1.54) is 12.1 Å². The molecule has 15 nitrogen and oxygen atoms in total. The maximum atomic E-state index is 12.8. The van der Waals surface area contributed by atoms with Crippen molar-refractivity contribution < 1.29 is 38.9 Å². The number of nitrogens with zero attached hydrogens (tertiary/aromatic N) is 1. The first-order chi connectivity index (χ1) is 19.5. The van der Waals surface area contributed by atoms with Crippen LogP contribution in [0, 0.1) is 5.92 Å². The largest absolute Gasteiger partial charge is 0.481 e. The summed E-state index contributed by atoms with van der Waals surface area (Å²) < 4.78 is 5.47. The van der Waals surface area contributed by atoms with Crippen molar-refractivity contribution in [1.29, 1.82) is 0 Å². The fourth-order valence-electron chi connectivity index (χ4n) is 3.85. The molecule has 9 N–H and O–H groups in total. The lowest BCUT2D eigenvalue weighted by Gasteiger charge is -2.21. The Balaban J connectivity index is 1.98. The summed E-state index contributed by atoms with van der Waals surface area (Å²) in [6.07, 6.45) is 0.955. The molecule has 15 heteroatoms. The van der Waals surface area contributed by atoms with Crippen molar-refractivity contribution in [1.82, 2.24) is 26.6 Å². The Hall–Kier alpha value is -3.92. The van der Waals surface area contributed by atoms with Crippen LogP contribution >= 0.6 is 0 Å². The number of benzene rings is 1. The van der Waals surface area contributed by atoms with Crippen LogP contribution in [-0.4, -0.2) is 96.7 Å². The molecule has 1 aliphatic heterocycles. The predicted molar refractivity (Wildman–Crippen MR) is 148 cm³/mol. The van der Waals surface area contributed by atoms with Crippen LogP contribution in [0.2, 0.25) is 0 Å². The summed E-state index contributed by atoms with van der Waals surface area (Å²) in [5, 5.41) is 32.3. The minimum absolute atomic E-state index is 0.0241. The lowest BCUT2D eigenvalue weighted by atomic mass is 10.0. The van der Waals surface area contributed by atoms with Gasteiger partial charge in [0.2, 0.25) is 11.8 Å². The Kier molecular flexibility index (Phi) is 13.8. The van der Waals surface area contributed by atoms with Crippen LogP contribution in [0.15, 0.2) is 29.3 Å². The quantitative estimate of drug-likeness (QED) is 0.0547. The molecule has 4 atom stereocenters. The molecule has 1 aromatic rings. The number of ether oxygens (including phenoxy) is 1. The normalized spacial score (nSPS) is 16.5. The summed E-state index contributed by atoms with van der Waals surface area (Å²) in [4.78, 5) is 64.9. The summed E-state index contributed by atoms with van der Waals surface area (Å²) in [6.45, 7) is 5.11.